The highest BCUT2D eigenvalue weighted by Gasteiger charge is 2.42. The Bertz CT molecular complexity index is 703. The molecule has 25 heavy (non-hydrogen) atoms. The summed E-state index contributed by atoms with van der Waals surface area (Å²) in [5.74, 6) is 0.995. The van der Waals surface area contributed by atoms with Crippen molar-refractivity contribution in [1.29, 1.82) is 0 Å². The molecule has 0 spiro atoms. The van der Waals surface area contributed by atoms with Gasteiger partial charge in [0.1, 0.15) is 11.4 Å². The summed E-state index contributed by atoms with van der Waals surface area (Å²) in [7, 11) is 5.52. The van der Waals surface area contributed by atoms with Crippen molar-refractivity contribution in [3.8, 4) is 0 Å². The minimum absolute atomic E-state index is 0.122. The van der Waals surface area contributed by atoms with Crippen LogP contribution in [0.3, 0.4) is 0 Å². The molecule has 0 atom stereocenters. The average Bonchev–Trinajstić information content (AvgIpc) is 3.01. The molecule has 3 rings (SSSR count). The number of amides is 1. The van der Waals surface area contributed by atoms with Crippen LogP contribution in [0.15, 0.2) is 36.8 Å². The third kappa shape index (κ3) is 3.82. The van der Waals surface area contributed by atoms with Crippen LogP contribution < -0.4 is 5.32 Å². The van der Waals surface area contributed by atoms with E-state index in [1.54, 1.807) is 15.8 Å². The van der Waals surface area contributed by atoms with Gasteiger partial charge in [-0.05, 0) is 30.5 Å². The number of aryl methyl sites for hydroxylation is 1. The van der Waals surface area contributed by atoms with Gasteiger partial charge in [-0.2, -0.15) is 5.10 Å². The maximum Gasteiger partial charge on any atom is 0.247 e. The number of likely N-dealkylation sites (tertiary alicyclic amines) is 1. The van der Waals surface area contributed by atoms with Gasteiger partial charge in [-0.3, -0.25) is 19.4 Å². The van der Waals surface area contributed by atoms with E-state index in [0.29, 0.717) is 0 Å². The van der Waals surface area contributed by atoms with Crippen LogP contribution in [0, 0.1) is 0 Å². The predicted octanol–water partition coefficient (Wildman–Crippen LogP) is 1.35. The Kier molecular flexibility index (Phi) is 5.03. The number of nitrogens with one attached hydrogen (secondary N) is 1. The monoisotopic (exact) mass is 342 g/mol. The number of piperidine rings is 1. The lowest BCUT2D eigenvalue weighted by molar-refractivity contribution is -0.135. The molecule has 1 aliphatic rings. The Morgan fingerprint density at radius 2 is 1.88 bits per heavy atom. The molecule has 134 valence electrons. The van der Waals surface area contributed by atoms with Crippen LogP contribution in [-0.2, 0) is 18.4 Å². The molecule has 1 fully saturated rings. The first-order valence-corrected chi connectivity index (χ1v) is 8.59. The van der Waals surface area contributed by atoms with Gasteiger partial charge >= 0.3 is 0 Å². The van der Waals surface area contributed by atoms with Crippen LogP contribution in [0.5, 0.6) is 0 Å². The lowest BCUT2D eigenvalue weighted by atomic mass is 9.85. The van der Waals surface area contributed by atoms with Gasteiger partial charge in [-0.25, -0.2) is 0 Å². The summed E-state index contributed by atoms with van der Waals surface area (Å²) in [6, 6.07) is 6.00. The minimum Gasteiger partial charge on any atom is -0.356 e. The molecule has 2 aromatic rings. The molecular weight excluding hydrogens is 316 g/mol. The first-order chi connectivity index (χ1) is 12.0. The van der Waals surface area contributed by atoms with E-state index < -0.39 is 5.54 Å². The molecular formula is C18H26N6O. The van der Waals surface area contributed by atoms with Gasteiger partial charge in [0.05, 0.1) is 6.20 Å². The molecule has 0 bridgehead atoms. The van der Waals surface area contributed by atoms with Gasteiger partial charge in [0, 0.05) is 59.2 Å². The standard InChI is InChI=1S/C18H26N6O/c1-22(2)17(25)18(21-16-6-11-20-23(16)3)7-12-24(13-8-18)14-15-4-9-19-10-5-15/h4-6,9-11,21H,7-8,12-14H2,1-3H3. The first-order valence-electron chi connectivity index (χ1n) is 8.59. The fourth-order valence-electron chi connectivity index (χ4n) is 3.40. The molecule has 0 aromatic carbocycles. The summed E-state index contributed by atoms with van der Waals surface area (Å²) in [5, 5.41) is 7.68. The van der Waals surface area contributed by atoms with Crippen molar-refractivity contribution in [3.63, 3.8) is 0 Å². The van der Waals surface area contributed by atoms with Crippen LogP contribution in [0.1, 0.15) is 18.4 Å². The van der Waals surface area contributed by atoms with Crippen molar-refractivity contribution in [1.82, 2.24) is 24.6 Å². The molecule has 1 aliphatic heterocycles. The quantitative estimate of drug-likeness (QED) is 0.888. The maximum atomic E-state index is 12.9. The number of rotatable bonds is 5. The summed E-state index contributed by atoms with van der Waals surface area (Å²) in [5.41, 5.74) is 0.674. The van der Waals surface area contributed by atoms with Gasteiger partial charge in [-0.15, -0.1) is 0 Å². The number of carbonyl (C=O) groups excluding carboxylic acids is 1. The van der Waals surface area contributed by atoms with Crippen molar-refractivity contribution in [2.24, 2.45) is 7.05 Å². The van der Waals surface area contributed by atoms with Crippen molar-refractivity contribution >= 4 is 11.7 Å². The molecule has 0 radical (unpaired) electrons. The second-order valence-corrected chi connectivity index (χ2v) is 6.88. The Hall–Kier alpha value is -2.41. The summed E-state index contributed by atoms with van der Waals surface area (Å²) < 4.78 is 1.77. The second kappa shape index (κ2) is 7.23. The topological polar surface area (TPSA) is 66.3 Å². The fourth-order valence-corrected chi connectivity index (χ4v) is 3.40. The Morgan fingerprint density at radius 1 is 1.20 bits per heavy atom. The molecule has 7 heteroatoms. The van der Waals surface area contributed by atoms with Gasteiger partial charge in [0.25, 0.3) is 0 Å². The van der Waals surface area contributed by atoms with E-state index in [1.807, 2.05) is 51.7 Å². The number of hydrogen-bond donors (Lipinski definition) is 1. The zero-order chi connectivity index (χ0) is 17.9. The summed E-state index contributed by atoms with van der Waals surface area (Å²) in [4.78, 5) is 21.1. The molecule has 0 aliphatic carbocycles. The van der Waals surface area contributed by atoms with Crippen molar-refractivity contribution in [2.45, 2.75) is 24.9 Å². The summed E-state index contributed by atoms with van der Waals surface area (Å²) >= 11 is 0. The number of aromatic nitrogens is 3. The van der Waals surface area contributed by atoms with Gasteiger partial charge < -0.3 is 10.2 Å². The van der Waals surface area contributed by atoms with Crippen molar-refractivity contribution in [2.75, 3.05) is 32.5 Å². The molecule has 1 N–H and O–H groups in total. The number of nitrogens with zero attached hydrogens (tertiary/aromatic N) is 5. The van der Waals surface area contributed by atoms with Gasteiger partial charge in [-0.1, -0.05) is 0 Å². The zero-order valence-corrected chi connectivity index (χ0v) is 15.1. The number of carbonyl (C=O) groups is 1. The molecule has 0 saturated carbocycles. The Morgan fingerprint density at radius 3 is 2.44 bits per heavy atom. The number of likely N-dealkylation sites (N-methyl/N-ethyl adjacent to an activating group) is 1. The van der Waals surface area contributed by atoms with E-state index >= 15 is 0 Å². The normalized spacial score (nSPS) is 17.2. The van der Waals surface area contributed by atoms with E-state index in [4.69, 9.17) is 0 Å². The first kappa shape index (κ1) is 17.4. The van der Waals surface area contributed by atoms with Crippen molar-refractivity contribution < 1.29 is 4.79 Å². The highest BCUT2D eigenvalue weighted by Crippen LogP contribution is 2.29. The van der Waals surface area contributed by atoms with E-state index in [9.17, 15) is 4.79 Å². The maximum absolute atomic E-state index is 12.9. The van der Waals surface area contributed by atoms with Gasteiger partial charge in [0.2, 0.25) is 5.91 Å². The van der Waals surface area contributed by atoms with Crippen LogP contribution in [-0.4, -0.2) is 63.2 Å². The highest BCUT2D eigenvalue weighted by molar-refractivity contribution is 5.89. The van der Waals surface area contributed by atoms with Gasteiger partial charge in [0.15, 0.2) is 0 Å². The molecule has 7 nitrogen and oxygen atoms in total. The summed E-state index contributed by atoms with van der Waals surface area (Å²) in [6.45, 7) is 2.62. The van der Waals surface area contributed by atoms with Crippen LogP contribution >= 0.6 is 0 Å². The van der Waals surface area contributed by atoms with E-state index in [-0.39, 0.29) is 5.91 Å². The fraction of sp³-hybridized carbons (Fsp3) is 0.500. The smallest absolute Gasteiger partial charge is 0.247 e. The largest absolute Gasteiger partial charge is 0.356 e. The molecule has 0 unspecified atom stereocenters. The number of pyridine rings is 1. The van der Waals surface area contributed by atoms with E-state index in [2.05, 4.69) is 20.3 Å². The zero-order valence-electron chi connectivity index (χ0n) is 15.1. The third-order valence-electron chi connectivity index (χ3n) is 4.87. The third-order valence-corrected chi connectivity index (χ3v) is 4.87. The van der Waals surface area contributed by atoms with Crippen molar-refractivity contribution in [3.05, 3.63) is 42.4 Å². The van der Waals surface area contributed by atoms with Crippen LogP contribution in [0.4, 0.5) is 5.82 Å². The average molecular weight is 342 g/mol. The Balaban J connectivity index is 1.72. The number of hydrogen-bond acceptors (Lipinski definition) is 5. The van der Waals surface area contributed by atoms with Crippen LogP contribution in [0.25, 0.3) is 0 Å². The highest BCUT2D eigenvalue weighted by atomic mass is 16.2. The predicted molar refractivity (Wildman–Crippen MR) is 97.0 cm³/mol. The minimum atomic E-state index is -0.577. The second-order valence-electron chi connectivity index (χ2n) is 6.88. The summed E-state index contributed by atoms with van der Waals surface area (Å²) in [6.07, 6.45) is 6.92. The SMILES string of the molecule is CN(C)C(=O)C1(Nc2ccnn2C)CCN(Cc2ccncc2)CC1. The van der Waals surface area contributed by atoms with E-state index in [1.165, 1.54) is 5.56 Å². The van der Waals surface area contributed by atoms with E-state index in [0.717, 1.165) is 38.3 Å². The molecule has 1 saturated heterocycles. The molecule has 1 amide bonds. The molecule has 3 heterocycles. The van der Waals surface area contributed by atoms with Crippen LogP contribution in [0.2, 0.25) is 0 Å². The molecule has 2 aromatic heterocycles. The number of anilines is 1. The lowest BCUT2D eigenvalue weighted by Gasteiger charge is -2.42. The Labute approximate surface area is 148 Å². The lowest BCUT2D eigenvalue weighted by Crippen LogP contribution is -2.58.